The first-order valence-electron chi connectivity index (χ1n) is 14.8. The first-order valence-corrected chi connectivity index (χ1v) is 14.8. The zero-order valence-electron chi connectivity index (χ0n) is 24.5. The topological polar surface area (TPSA) is 79.2 Å². The smallest absolute Gasteiger partial charge is 0.488 e. The predicted molar refractivity (Wildman–Crippen MR) is 155 cm³/mol. The van der Waals surface area contributed by atoms with Crippen molar-refractivity contribution in [2.75, 3.05) is 27.8 Å². The maximum absolute atomic E-state index is 15.6. The molecule has 41 heavy (non-hydrogen) atoms. The molecule has 0 aromatic heterocycles. The zero-order valence-corrected chi connectivity index (χ0v) is 24.5. The molecule has 1 amide bonds. The normalized spacial score (nSPS) is 27.8. The van der Waals surface area contributed by atoms with Gasteiger partial charge in [-0.3, -0.25) is 4.79 Å². The van der Waals surface area contributed by atoms with Gasteiger partial charge in [0.25, 0.3) is 5.92 Å². The van der Waals surface area contributed by atoms with E-state index in [-0.39, 0.29) is 42.4 Å². The molecule has 0 unspecified atom stereocenters. The number of aryl methyl sites for hydroxylation is 1. The number of fused-ring (bicyclic) bond motifs is 5. The number of hydrogen-bond acceptors (Lipinski definition) is 5. The number of halogens is 2. The van der Waals surface area contributed by atoms with E-state index in [0.717, 1.165) is 24.0 Å². The SMILES string of the molecule is COc1ccc(CCN(C)C(=O)CC[C@@H]2CC(F)(F)[C@@]3(C)CC[C@@H]4c5ccc(B(O)O)cc5CC[C@H]4[C@H]23)cc1OC. The molecule has 5 atom stereocenters. The van der Waals surface area contributed by atoms with Crippen molar-refractivity contribution in [2.24, 2.45) is 23.2 Å². The molecule has 9 heteroatoms. The van der Waals surface area contributed by atoms with E-state index in [0.29, 0.717) is 49.2 Å². The van der Waals surface area contributed by atoms with E-state index in [1.54, 1.807) is 39.2 Å². The van der Waals surface area contributed by atoms with E-state index in [1.165, 1.54) is 5.56 Å². The van der Waals surface area contributed by atoms with E-state index in [2.05, 4.69) is 0 Å². The molecule has 0 saturated heterocycles. The zero-order chi connectivity index (χ0) is 29.5. The minimum Gasteiger partial charge on any atom is -0.493 e. The molecule has 0 spiro atoms. The second-order valence-corrected chi connectivity index (χ2v) is 12.6. The molecular formula is C32H42BF2NO5. The molecule has 0 bridgehead atoms. The van der Waals surface area contributed by atoms with Crippen LogP contribution in [-0.2, 0) is 17.6 Å². The average Bonchev–Trinajstić information content (AvgIpc) is 3.18. The third-order valence-electron chi connectivity index (χ3n) is 10.5. The Labute approximate surface area is 242 Å². The summed E-state index contributed by atoms with van der Waals surface area (Å²) >= 11 is 0. The predicted octanol–water partition coefficient (Wildman–Crippen LogP) is 4.58. The Morgan fingerprint density at radius 1 is 1.10 bits per heavy atom. The molecule has 6 nitrogen and oxygen atoms in total. The number of carbonyl (C=O) groups is 1. The highest BCUT2D eigenvalue weighted by molar-refractivity contribution is 6.58. The lowest BCUT2D eigenvalue weighted by Crippen LogP contribution is -2.48. The number of likely N-dealkylation sites (N-methyl/N-ethyl adjacent to an activating group) is 1. The third kappa shape index (κ3) is 5.47. The standard InChI is InChI=1S/C32H42BF2NO5/c1-31-15-13-25-24-10-8-23(33(38)39)18-21(24)6-9-26(25)30(31)22(19-32(31,34)35)7-12-29(37)36(2)16-14-20-5-11-27(40-3)28(17-20)41-4/h5,8,10-11,17-18,22,25-26,30,38-39H,6-7,9,12-16,19H2,1-4H3/t22-,25-,26-,30+,31+/m1/s1. The second kappa shape index (κ2) is 11.6. The van der Waals surface area contributed by atoms with Crippen molar-refractivity contribution in [3.63, 3.8) is 0 Å². The maximum atomic E-state index is 15.6. The Bertz CT molecular complexity index is 1270. The van der Waals surface area contributed by atoms with E-state index in [1.807, 2.05) is 30.3 Å². The molecule has 0 heterocycles. The first-order chi connectivity index (χ1) is 19.5. The molecule has 2 N–H and O–H groups in total. The van der Waals surface area contributed by atoms with Crippen molar-refractivity contribution in [3.8, 4) is 11.5 Å². The summed E-state index contributed by atoms with van der Waals surface area (Å²) in [6.07, 6.45) is 3.99. The molecule has 2 aromatic rings. The Morgan fingerprint density at radius 3 is 2.56 bits per heavy atom. The molecule has 0 aliphatic heterocycles. The number of carbonyl (C=O) groups excluding carboxylic acids is 1. The van der Waals surface area contributed by atoms with Crippen molar-refractivity contribution in [1.29, 1.82) is 0 Å². The molecule has 0 radical (unpaired) electrons. The first kappa shape index (κ1) is 29.8. The number of methoxy groups -OCH3 is 2. The fourth-order valence-electron chi connectivity index (χ4n) is 8.24. The van der Waals surface area contributed by atoms with Gasteiger partial charge in [-0.15, -0.1) is 0 Å². The molecule has 3 aliphatic carbocycles. The van der Waals surface area contributed by atoms with E-state index >= 15 is 8.78 Å². The lowest BCUT2D eigenvalue weighted by atomic mass is 9.53. The monoisotopic (exact) mass is 569 g/mol. The third-order valence-corrected chi connectivity index (χ3v) is 10.5. The number of benzene rings is 2. The summed E-state index contributed by atoms with van der Waals surface area (Å²) in [5.74, 6) is -1.48. The summed E-state index contributed by atoms with van der Waals surface area (Å²) in [6.45, 7) is 2.31. The summed E-state index contributed by atoms with van der Waals surface area (Å²) in [6, 6.07) is 11.3. The van der Waals surface area contributed by atoms with Gasteiger partial charge in [0.1, 0.15) is 0 Å². The number of hydrogen-bond donors (Lipinski definition) is 2. The van der Waals surface area contributed by atoms with Crippen LogP contribution < -0.4 is 14.9 Å². The largest absolute Gasteiger partial charge is 0.493 e. The lowest BCUT2D eigenvalue weighted by Gasteiger charge is -2.51. The van der Waals surface area contributed by atoms with Crippen LogP contribution in [0.4, 0.5) is 8.78 Å². The van der Waals surface area contributed by atoms with Gasteiger partial charge in [-0.25, -0.2) is 8.78 Å². The van der Waals surface area contributed by atoms with Crippen molar-refractivity contribution >= 4 is 18.5 Å². The Balaban J connectivity index is 1.25. The highest BCUT2D eigenvalue weighted by Gasteiger charge is 2.67. The number of ether oxygens (including phenoxy) is 2. The quantitative estimate of drug-likeness (QED) is 0.433. The minimum atomic E-state index is -2.75. The van der Waals surface area contributed by atoms with Gasteiger partial charge in [-0.05, 0) is 96.5 Å². The van der Waals surface area contributed by atoms with E-state index in [9.17, 15) is 14.8 Å². The van der Waals surface area contributed by atoms with Gasteiger partial charge in [0.15, 0.2) is 11.5 Å². The number of alkyl halides is 2. The Kier molecular flexibility index (Phi) is 8.41. The van der Waals surface area contributed by atoms with Crippen molar-refractivity contribution < 1.29 is 33.1 Å². The van der Waals surface area contributed by atoms with Crippen LogP contribution in [0.1, 0.15) is 68.1 Å². The molecule has 3 aliphatic rings. The van der Waals surface area contributed by atoms with Crippen LogP contribution in [0, 0.1) is 23.2 Å². The Morgan fingerprint density at radius 2 is 1.85 bits per heavy atom. The highest BCUT2D eigenvalue weighted by atomic mass is 19.3. The molecule has 2 saturated carbocycles. The van der Waals surface area contributed by atoms with Crippen molar-refractivity contribution in [3.05, 3.63) is 53.1 Å². The van der Waals surface area contributed by atoms with Gasteiger partial charge in [-0.2, -0.15) is 0 Å². The van der Waals surface area contributed by atoms with Crippen LogP contribution in [0.3, 0.4) is 0 Å². The van der Waals surface area contributed by atoms with E-state index < -0.39 is 18.5 Å². The van der Waals surface area contributed by atoms with Crippen LogP contribution in [0.15, 0.2) is 36.4 Å². The molecule has 222 valence electrons. The number of amides is 1. The molecule has 5 rings (SSSR count). The fraction of sp³-hybridized carbons (Fsp3) is 0.594. The molecule has 2 fully saturated rings. The number of rotatable bonds is 9. The summed E-state index contributed by atoms with van der Waals surface area (Å²) in [5, 5.41) is 19.2. The van der Waals surface area contributed by atoms with Crippen LogP contribution in [0.2, 0.25) is 0 Å². The summed E-state index contributed by atoms with van der Waals surface area (Å²) < 4.78 is 42.0. The van der Waals surface area contributed by atoms with Gasteiger partial charge in [-0.1, -0.05) is 31.2 Å². The van der Waals surface area contributed by atoms with Crippen LogP contribution in [-0.4, -0.2) is 61.7 Å². The van der Waals surface area contributed by atoms with Gasteiger partial charge < -0.3 is 24.4 Å². The fourth-order valence-corrected chi connectivity index (χ4v) is 8.24. The summed E-state index contributed by atoms with van der Waals surface area (Å²) in [5.41, 5.74) is 2.72. The minimum absolute atomic E-state index is 0.0150. The maximum Gasteiger partial charge on any atom is 0.488 e. The highest BCUT2D eigenvalue weighted by Crippen LogP contribution is 2.68. The van der Waals surface area contributed by atoms with Gasteiger partial charge in [0, 0.05) is 31.8 Å². The van der Waals surface area contributed by atoms with Crippen LogP contribution >= 0.6 is 0 Å². The average molecular weight is 569 g/mol. The lowest BCUT2D eigenvalue weighted by molar-refractivity contribution is -0.133. The summed E-state index contributed by atoms with van der Waals surface area (Å²) in [4.78, 5) is 14.8. The van der Waals surface area contributed by atoms with Crippen LogP contribution in [0.25, 0.3) is 0 Å². The molecule has 2 aromatic carbocycles. The van der Waals surface area contributed by atoms with Crippen molar-refractivity contribution in [1.82, 2.24) is 4.90 Å². The van der Waals surface area contributed by atoms with Gasteiger partial charge in [0.05, 0.1) is 14.2 Å². The van der Waals surface area contributed by atoms with Crippen LogP contribution in [0.5, 0.6) is 11.5 Å². The second-order valence-electron chi connectivity index (χ2n) is 12.6. The summed E-state index contributed by atoms with van der Waals surface area (Å²) in [7, 11) is 3.45. The van der Waals surface area contributed by atoms with E-state index in [4.69, 9.17) is 9.47 Å². The number of nitrogens with zero attached hydrogens (tertiary/aromatic N) is 1. The van der Waals surface area contributed by atoms with Gasteiger partial charge in [0.2, 0.25) is 5.91 Å². The molecular weight excluding hydrogens is 527 g/mol. The van der Waals surface area contributed by atoms with Crippen molar-refractivity contribution in [2.45, 2.75) is 70.1 Å². The Hall–Kier alpha value is -2.65. The van der Waals surface area contributed by atoms with Gasteiger partial charge >= 0.3 is 7.12 Å².